The van der Waals surface area contributed by atoms with Crippen molar-refractivity contribution < 1.29 is 9.53 Å². The van der Waals surface area contributed by atoms with E-state index in [2.05, 4.69) is 10.3 Å². The minimum absolute atomic E-state index is 0.0191. The van der Waals surface area contributed by atoms with Crippen molar-refractivity contribution in [1.82, 2.24) is 9.88 Å². The summed E-state index contributed by atoms with van der Waals surface area (Å²) >= 11 is 0. The SMILES string of the molecule is CNc1cc(C(=O)N(C)CCOC(C)C)cc(C)n1. The van der Waals surface area contributed by atoms with Crippen molar-refractivity contribution in [3.05, 3.63) is 23.4 Å². The number of aromatic nitrogens is 1. The minimum Gasteiger partial charge on any atom is -0.377 e. The monoisotopic (exact) mass is 265 g/mol. The Morgan fingerprint density at radius 3 is 2.74 bits per heavy atom. The number of anilines is 1. The Labute approximate surface area is 115 Å². The smallest absolute Gasteiger partial charge is 0.253 e. The molecule has 0 aromatic carbocycles. The van der Waals surface area contributed by atoms with Gasteiger partial charge >= 0.3 is 0 Å². The van der Waals surface area contributed by atoms with E-state index in [4.69, 9.17) is 4.74 Å². The zero-order chi connectivity index (χ0) is 14.4. The summed E-state index contributed by atoms with van der Waals surface area (Å²) in [4.78, 5) is 18.2. The molecule has 0 aliphatic carbocycles. The molecule has 1 rings (SSSR count). The molecule has 0 fully saturated rings. The number of carbonyl (C=O) groups is 1. The van der Waals surface area contributed by atoms with E-state index in [0.717, 1.165) is 5.69 Å². The Bertz CT molecular complexity index is 433. The van der Waals surface area contributed by atoms with Crippen LogP contribution in [-0.2, 0) is 4.74 Å². The van der Waals surface area contributed by atoms with Crippen LogP contribution < -0.4 is 5.32 Å². The zero-order valence-corrected chi connectivity index (χ0v) is 12.4. The maximum Gasteiger partial charge on any atom is 0.253 e. The molecule has 1 heterocycles. The molecular weight excluding hydrogens is 242 g/mol. The number of ether oxygens (including phenoxy) is 1. The lowest BCUT2D eigenvalue weighted by Crippen LogP contribution is -2.31. The van der Waals surface area contributed by atoms with Gasteiger partial charge in [-0.15, -0.1) is 0 Å². The van der Waals surface area contributed by atoms with Gasteiger partial charge in [0, 0.05) is 31.9 Å². The average molecular weight is 265 g/mol. The Balaban J connectivity index is 2.68. The molecule has 1 aromatic rings. The molecule has 1 aromatic heterocycles. The molecule has 19 heavy (non-hydrogen) atoms. The summed E-state index contributed by atoms with van der Waals surface area (Å²) in [6, 6.07) is 3.55. The first-order valence-electron chi connectivity index (χ1n) is 6.47. The van der Waals surface area contributed by atoms with Crippen molar-refractivity contribution in [3.8, 4) is 0 Å². The van der Waals surface area contributed by atoms with Crippen LogP contribution in [-0.4, -0.2) is 49.1 Å². The van der Waals surface area contributed by atoms with Crippen LogP contribution in [0.3, 0.4) is 0 Å². The molecule has 5 nitrogen and oxygen atoms in total. The van der Waals surface area contributed by atoms with Gasteiger partial charge in [0.25, 0.3) is 5.91 Å². The van der Waals surface area contributed by atoms with E-state index in [1.807, 2.05) is 20.8 Å². The fourth-order valence-corrected chi connectivity index (χ4v) is 1.67. The third-order valence-corrected chi connectivity index (χ3v) is 2.68. The van der Waals surface area contributed by atoms with Gasteiger partial charge < -0.3 is 15.0 Å². The Morgan fingerprint density at radius 1 is 1.47 bits per heavy atom. The van der Waals surface area contributed by atoms with Gasteiger partial charge in [0.05, 0.1) is 12.7 Å². The van der Waals surface area contributed by atoms with Crippen molar-refractivity contribution in [1.29, 1.82) is 0 Å². The fraction of sp³-hybridized carbons (Fsp3) is 0.571. The van der Waals surface area contributed by atoms with Gasteiger partial charge in [0.2, 0.25) is 0 Å². The summed E-state index contributed by atoms with van der Waals surface area (Å²) in [6.07, 6.45) is 0.183. The van der Waals surface area contributed by atoms with E-state index in [0.29, 0.717) is 24.5 Å². The standard InChI is InChI=1S/C14H23N3O2/c1-10(2)19-7-6-17(5)14(18)12-8-11(3)16-13(9-12)15-4/h8-10H,6-7H2,1-5H3,(H,15,16). The van der Waals surface area contributed by atoms with Gasteiger partial charge in [-0.2, -0.15) is 0 Å². The van der Waals surface area contributed by atoms with Crippen LogP contribution in [0.1, 0.15) is 29.9 Å². The first kappa shape index (κ1) is 15.4. The van der Waals surface area contributed by atoms with E-state index < -0.39 is 0 Å². The summed E-state index contributed by atoms with van der Waals surface area (Å²) in [5.74, 6) is 0.685. The molecule has 0 spiro atoms. The number of amides is 1. The first-order chi connectivity index (χ1) is 8.93. The highest BCUT2D eigenvalue weighted by Gasteiger charge is 2.13. The molecule has 5 heteroatoms. The van der Waals surface area contributed by atoms with Gasteiger partial charge in [0.15, 0.2) is 0 Å². The highest BCUT2D eigenvalue weighted by molar-refractivity contribution is 5.94. The Morgan fingerprint density at radius 2 is 2.16 bits per heavy atom. The van der Waals surface area contributed by atoms with E-state index >= 15 is 0 Å². The molecule has 0 unspecified atom stereocenters. The molecule has 1 N–H and O–H groups in total. The number of nitrogens with one attached hydrogen (secondary N) is 1. The number of carbonyl (C=O) groups excluding carboxylic acids is 1. The lowest BCUT2D eigenvalue weighted by atomic mass is 10.2. The highest BCUT2D eigenvalue weighted by Crippen LogP contribution is 2.11. The van der Waals surface area contributed by atoms with Crippen molar-refractivity contribution in [2.75, 3.05) is 32.6 Å². The van der Waals surface area contributed by atoms with Gasteiger partial charge in [-0.05, 0) is 32.9 Å². The Hall–Kier alpha value is -1.62. The maximum atomic E-state index is 12.3. The van der Waals surface area contributed by atoms with Crippen molar-refractivity contribution in [2.24, 2.45) is 0 Å². The zero-order valence-electron chi connectivity index (χ0n) is 12.4. The van der Waals surface area contributed by atoms with E-state index in [9.17, 15) is 4.79 Å². The van der Waals surface area contributed by atoms with Crippen molar-refractivity contribution >= 4 is 11.7 Å². The lowest BCUT2D eigenvalue weighted by Gasteiger charge is -2.18. The molecule has 0 bridgehead atoms. The molecule has 0 saturated heterocycles. The number of rotatable bonds is 6. The number of nitrogens with zero attached hydrogens (tertiary/aromatic N) is 2. The molecule has 1 amide bonds. The molecule has 0 aliphatic heterocycles. The molecule has 0 aliphatic rings. The van der Waals surface area contributed by atoms with Gasteiger partial charge in [-0.1, -0.05) is 0 Å². The van der Waals surface area contributed by atoms with Crippen LogP contribution in [0.4, 0.5) is 5.82 Å². The first-order valence-corrected chi connectivity index (χ1v) is 6.47. The predicted octanol–water partition coefficient (Wildman–Crippen LogP) is 1.93. The van der Waals surface area contributed by atoms with Crippen molar-refractivity contribution in [2.45, 2.75) is 26.9 Å². The number of hydrogen-bond donors (Lipinski definition) is 1. The molecule has 106 valence electrons. The van der Waals surface area contributed by atoms with Crippen LogP contribution >= 0.6 is 0 Å². The van der Waals surface area contributed by atoms with Gasteiger partial charge in [0.1, 0.15) is 5.82 Å². The molecule has 0 radical (unpaired) electrons. The second-order valence-corrected chi connectivity index (χ2v) is 4.78. The fourth-order valence-electron chi connectivity index (χ4n) is 1.67. The number of hydrogen-bond acceptors (Lipinski definition) is 4. The van der Waals surface area contributed by atoms with Crippen LogP contribution in [0, 0.1) is 6.92 Å². The third kappa shape index (κ3) is 4.87. The quantitative estimate of drug-likeness (QED) is 0.854. The topological polar surface area (TPSA) is 54.5 Å². The predicted molar refractivity (Wildman–Crippen MR) is 76.6 cm³/mol. The van der Waals surface area contributed by atoms with E-state index in [-0.39, 0.29) is 12.0 Å². The van der Waals surface area contributed by atoms with E-state index in [1.54, 1.807) is 31.1 Å². The molecular formula is C14H23N3O2. The van der Waals surface area contributed by atoms with E-state index in [1.165, 1.54) is 0 Å². The summed E-state index contributed by atoms with van der Waals surface area (Å²) in [5.41, 5.74) is 1.46. The third-order valence-electron chi connectivity index (χ3n) is 2.68. The van der Waals surface area contributed by atoms with Crippen LogP contribution in [0.2, 0.25) is 0 Å². The van der Waals surface area contributed by atoms with Crippen LogP contribution in [0.15, 0.2) is 12.1 Å². The minimum atomic E-state index is -0.0191. The molecule has 0 atom stereocenters. The normalized spacial score (nSPS) is 10.6. The second-order valence-electron chi connectivity index (χ2n) is 4.78. The number of aryl methyl sites for hydroxylation is 1. The molecule has 0 saturated carbocycles. The largest absolute Gasteiger partial charge is 0.377 e. The maximum absolute atomic E-state index is 12.3. The summed E-state index contributed by atoms with van der Waals surface area (Å²) < 4.78 is 5.45. The number of pyridine rings is 1. The Kier molecular flexibility index (Phi) is 5.76. The summed E-state index contributed by atoms with van der Waals surface area (Å²) in [6.45, 7) is 6.95. The number of likely N-dealkylation sites (N-methyl/N-ethyl adjacent to an activating group) is 1. The summed E-state index contributed by atoms with van der Waals surface area (Å²) in [5, 5.41) is 2.95. The van der Waals surface area contributed by atoms with Gasteiger partial charge in [-0.25, -0.2) is 4.98 Å². The average Bonchev–Trinajstić information content (AvgIpc) is 2.36. The van der Waals surface area contributed by atoms with Gasteiger partial charge in [-0.3, -0.25) is 4.79 Å². The lowest BCUT2D eigenvalue weighted by molar-refractivity contribution is 0.0532. The second kappa shape index (κ2) is 7.09. The van der Waals surface area contributed by atoms with Crippen LogP contribution in [0.5, 0.6) is 0 Å². The summed E-state index contributed by atoms with van der Waals surface area (Å²) in [7, 11) is 3.57. The van der Waals surface area contributed by atoms with Crippen LogP contribution in [0.25, 0.3) is 0 Å². The van der Waals surface area contributed by atoms with Crippen molar-refractivity contribution in [3.63, 3.8) is 0 Å². The highest BCUT2D eigenvalue weighted by atomic mass is 16.5.